The minimum absolute atomic E-state index is 0.0163. The number of nitrogens with zero attached hydrogens (tertiary/aromatic N) is 2. The minimum atomic E-state index is -0.126. The van der Waals surface area contributed by atoms with Gasteiger partial charge in [-0.25, -0.2) is 4.98 Å². The van der Waals surface area contributed by atoms with E-state index in [1.54, 1.807) is 0 Å². The number of aryl methyl sites for hydroxylation is 1. The number of pyridine rings is 1. The van der Waals surface area contributed by atoms with E-state index in [0.717, 1.165) is 51.7 Å². The first-order chi connectivity index (χ1) is 17.2. The lowest BCUT2D eigenvalue weighted by Crippen LogP contribution is -2.66. The molecular formula is C30H38ClN3O. The standard InChI is InChI=1S/C30H38ClN3O/c31-28-14-13-25-26(33-28)12-7-16-29(25)20-32-19-27(29)30(24-10-5-2-6-11-24)18-23(15-17-34(30)21-35)22-8-3-1-4-9-22/h1,3-4,8-9,13-14,21,23-24,27,32H,2,5-7,10-12,15-20H2/t23-,27+,29-,30+/m0/s1. The Kier molecular flexibility index (Phi) is 6.39. The molecule has 2 aromatic rings. The summed E-state index contributed by atoms with van der Waals surface area (Å²) >= 11 is 6.36. The average molecular weight is 492 g/mol. The van der Waals surface area contributed by atoms with E-state index in [9.17, 15) is 4.79 Å². The van der Waals surface area contributed by atoms with Gasteiger partial charge in [0.1, 0.15) is 5.15 Å². The third kappa shape index (κ3) is 3.83. The van der Waals surface area contributed by atoms with Crippen molar-refractivity contribution in [1.29, 1.82) is 0 Å². The molecule has 1 amide bonds. The van der Waals surface area contributed by atoms with Gasteiger partial charge in [0.05, 0.1) is 5.54 Å². The zero-order chi connectivity index (χ0) is 23.9. The monoisotopic (exact) mass is 491 g/mol. The third-order valence-electron chi connectivity index (χ3n) is 10.1. The predicted molar refractivity (Wildman–Crippen MR) is 141 cm³/mol. The van der Waals surface area contributed by atoms with E-state index in [2.05, 4.69) is 46.6 Å². The SMILES string of the molecule is O=CN1CC[C@H](c2ccccc2)C[C@@]1(C1CCCCC1)[C@@H]1CNC[C@]12CCCc1nc(Cl)ccc12. The van der Waals surface area contributed by atoms with Crippen LogP contribution in [-0.2, 0) is 16.6 Å². The second kappa shape index (κ2) is 9.52. The number of hydrogen-bond donors (Lipinski definition) is 1. The Hall–Kier alpha value is -1.91. The quantitative estimate of drug-likeness (QED) is 0.429. The number of piperidine rings is 1. The minimum Gasteiger partial charge on any atom is -0.339 e. The van der Waals surface area contributed by atoms with Crippen LogP contribution in [0.25, 0.3) is 0 Å². The lowest BCUT2D eigenvalue weighted by molar-refractivity contribution is -0.139. The molecule has 1 aromatic heterocycles. The summed E-state index contributed by atoms with van der Waals surface area (Å²) in [6, 6.07) is 15.3. The first-order valence-corrected chi connectivity index (χ1v) is 14.2. The molecule has 1 aromatic carbocycles. The number of hydrogen-bond acceptors (Lipinski definition) is 3. The Balaban J connectivity index is 1.50. The number of benzene rings is 1. The van der Waals surface area contributed by atoms with Crippen LogP contribution in [0, 0.1) is 11.8 Å². The number of likely N-dealkylation sites (tertiary alicyclic amines) is 1. The summed E-state index contributed by atoms with van der Waals surface area (Å²) in [5, 5.41) is 4.44. The smallest absolute Gasteiger partial charge is 0.210 e. The number of carbonyl (C=O) groups is 1. The van der Waals surface area contributed by atoms with Crippen LogP contribution >= 0.6 is 11.6 Å². The van der Waals surface area contributed by atoms with Crippen LogP contribution in [0.5, 0.6) is 0 Å². The molecule has 35 heavy (non-hydrogen) atoms. The second-order valence-corrected chi connectivity index (χ2v) is 11.9. The number of carbonyl (C=O) groups excluding carboxylic acids is 1. The number of aromatic nitrogens is 1. The predicted octanol–water partition coefficient (Wildman–Crippen LogP) is 5.88. The maximum atomic E-state index is 12.9. The first kappa shape index (κ1) is 23.5. The third-order valence-corrected chi connectivity index (χ3v) is 10.3. The van der Waals surface area contributed by atoms with Gasteiger partial charge in [0.15, 0.2) is 0 Å². The molecule has 5 heteroatoms. The van der Waals surface area contributed by atoms with Crippen molar-refractivity contribution in [1.82, 2.24) is 15.2 Å². The van der Waals surface area contributed by atoms with Crippen molar-refractivity contribution in [3.63, 3.8) is 0 Å². The number of fused-ring (bicyclic) bond motifs is 2. The maximum Gasteiger partial charge on any atom is 0.210 e. The van der Waals surface area contributed by atoms with Gasteiger partial charge in [-0.3, -0.25) is 4.79 Å². The van der Waals surface area contributed by atoms with Crippen LogP contribution in [-0.4, -0.2) is 41.5 Å². The molecule has 6 rings (SSSR count). The normalized spacial score (nSPS) is 33.6. The molecule has 2 aliphatic heterocycles. The number of halogens is 1. The highest BCUT2D eigenvalue weighted by Gasteiger charge is 2.61. The van der Waals surface area contributed by atoms with Crippen LogP contribution in [0.1, 0.15) is 80.5 Å². The van der Waals surface area contributed by atoms with Gasteiger partial charge in [-0.15, -0.1) is 0 Å². The van der Waals surface area contributed by atoms with Crippen molar-refractivity contribution in [2.24, 2.45) is 11.8 Å². The molecule has 0 bridgehead atoms. The fourth-order valence-corrected chi connectivity index (χ4v) is 8.86. The summed E-state index contributed by atoms with van der Waals surface area (Å²) in [5.41, 5.74) is 3.91. The van der Waals surface area contributed by atoms with E-state index < -0.39 is 0 Å². The van der Waals surface area contributed by atoms with Crippen molar-refractivity contribution in [3.8, 4) is 0 Å². The van der Waals surface area contributed by atoms with Crippen molar-refractivity contribution < 1.29 is 4.79 Å². The molecule has 1 N–H and O–H groups in total. The molecule has 3 heterocycles. The molecule has 3 fully saturated rings. The van der Waals surface area contributed by atoms with Gasteiger partial charge < -0.3 is 10.2 Å². The van der Waals surface area contributed by atoms with E-state index in [-0.39, 0.29) is 11.0 Å². The summed E-state index contributed by atoms with van der Waals surface area (Å²) in [7, 11) is 0. The molecule has 2 aliphatic carbocycles. The molecule has 1 saturated carbocycles. The molecule has 1 spiro atoms. The highest BCUT2D eigenvalue weighted by atomic mass is 35.5. The Morgan fingerprint density at radius 3 is 2.66 bits per heavy atom. The average Bonchev–Trinajstić information content (AvgIpc) is 3.33. The Morgan fingerprint density at radius 2 is 1.86 bits per heavy atom. The van der Waals surface area contributed by atoms with E-state index in [1.807, 2.05) is 6.07 Å². The Bertz CT molecular complexity index is 1050. The van der Waals surface area contributed by atoms with Gasteiger partial charge in [-0.1, -0.05) is 67.3 Å². The molecule has 4 atom stereocenters. The fourth-order valence-electron chi connectivity index (χ4n) is 8.69. The molecular weight excluding hydrogens is 454 g/mol. The summed E-state index contributed by atoms with van der Waals surface area (Å²) in [6.07, 6.45) is 13.0. The van der Waals surface area contributed by atoms with Gasteiger partial charge in [-0.2, -0.15) is 0 Å². The van der Waals surface area contributed by atoms with Crippen LogP contribution in [0.3, 0.4) is 0 Å². The molecule has 2 saturated heterocycles. The van der Waals surface area contributed by atoms with Crippen molar-refractivity contribution in [2.45, 2.75) is 81.1 Å². The number of nitrogens with one attached hydrogen (secondary N) is 1. The first-order valence-electron chi connectivity index (χ1n) is 13.8. The topological polar surface area (TPSA) is 45.2 Å². The zero-order valence-corrected chi connectivity index (χ0v) is 21.5. The fraction of sp³-hybridized carbons (Fsp3) is 0.600. The van der Waals surface area contributed by atoms with Crippen LogP contribution < -0.4 is 5.32 Å². The largest absolute Gasteiger partial charge is 0.339 e. The number of amides is 1. The molecule has 4 nitrogen and oxygen atoms in total. The van der Waals surface area contributed by atoms with Crippen LogP contribution in [0.2, 0.25) is 5.15 Å². The summed E-state index contributed by atoms with van der Waals surface area (Å²) in [5.74, 6) is 1.44. The summed E-state index contributed by atoms with van der Waals surface area (Å²) in [6.45, 7) is 2.81. The summed E-state index contributed by atoms with van der Waals surface area (Å²) < 4.78 is 0. The summed E-state index contributed by atoms with van der Waals surface area (Å²) in [4.78, 5) is 20.0. The molecule has 0 unspecified atom stereocenters. The molecule has 0 radical (unpaired) electrons. The highest BCUT2D eigenvalue weighted by molar-refractivity contribution is 6.29. The van der Waals surface area contributed by atoms with Gasteiger partial charge in [0, 0.05) is 36.7 Å². The van der Waals surface area contributed by atoms with Crippen LogP contribution in [0.15, 0.2) is 42.5 Å². The lowest BCUT2D eigenvalue weighted by atomic mass is 9.52. The Morgan fingerprint density at radius 1 is 1.03 bits per heavy atom. The van der Waals surface area contributed by atoms with Gasteiger partial charge in [0.2, 0.25) is 6.41 Å². The molecule has 186 valence electrons. The van der Waals surface area contributed by atoms with Gasteiger partial charge in [-0.05, 0) is 74.0 Å². The van der Waals surface area contributed by atoms with E-state index in [1.165, 1.54) is 55.3 Å². The highest BCUT2D eigenvalue weighted by Crippen LogP contribution is 2.58. The molecule has 4 aliphatic rings. The van der Waals surface area contributed by atoms with Crippen LogP contribution in [0.4, 0.5) is 0 Å². The van der Waals surface area contributed by atoms with E-state index in [4.69, 9.17) is 16.6 Å². The van der Waals surface area contributed by atoms with Gasteiger partial charge >= 0.3 is 0 Å². The lowest BCUT2D eigenvalue weighted by Gasteiger charge is -2.60. The maximum absolute atomic E-state index is 12.9. The Labute approximate surface area is 214 Å². The van der Waals surface area contributed by atoms with Gasteiger partial charge in [0.25, 0.3) is 0 Å². The second-order valence-electron chi connectivity index (χ2n) is 11.5. The van der Waals surface area contributed by atoms with Crippen molar-refractivity contribution in [2.75, 3.05) is 19.6 Å². The van der Waals surface area contributed by atoms with E-state index in [0.29, 0.717) is 22.9 Å². The number of rotatable bonds is 4. The van der Waals surface area contributed by atoms with E-state index >= 15 is 0 Å². The van der Waals surface area contributed by atoms with Crippen molar-refractivity contribution >= 4 is 18.0 Å². The zero-order valence-electron chi connectivity index (χ0n) is 20.7. The van der Waals surface area contributed by atoms with Crippen molar-refractivity contribution in [3.05, 3.63) is 64.4 Å².